The van der Waals surface area contributed by atoms with Crippen LogP contribution in [-0.2, 0) is 14.6 Å². The van der Waals surface area contributed by atoms with Gasteiger partial charge in [-0.15, -0.1) is 11.3 Å². The molecule has 2 heterocycles. The van der Waals surface area contributed by atoms with Crippen LogP contribution in [0.15, 0.2) is 69.8 Å². The van der Waals surface area contributed by atoms with Crippen molar-refractivity contribution in [3.05, 3.63) is 70.4 Å². The summed E-state index contributed by atoms with van der Waals surface area (Å²) < 4.78 is 32.0. The average molecular weight is 414 g/mol. The van der Waals surface area contributed by atoms with Gasteiger partial charge in [0.05, 0.1) is 17.2 Å². The molecule has 0 radical (unpaired) electrons. The first-order valence-electron chi connectivity index (χ1n) is 8.95. The molecular weight excluding hydrogens is 394 g/mol. The highest BCUT2D eigenvalue weighted by Crippen LogP contribution is 2.47. The van der Waals surface area contributed by atoms with E-state index in [2.05, 4.69) is 5.32 Å². The lowest BCUT2D eigenvalue weighted by molar-refractivity contribution is -0.116. The summed E-state index contributed by atoms with van der Waals surface area (Å²) >= 11 is 1.36. The molecular formula is C21H19NO4S2. The molecule has 7 heteroatoms. The SMILES string of the molecule is CCOc1ccccc1C1CC(=O)Nc2c(S(=O)(=O)c3ccccc3)csc21. The summed E-state index contributed by atoms with van der Waals surface area (Å²) in [7, 11) is -3.72. The largest absolute Gasteiger partial charge is 0.494 e. The zero-order valence-electron chi connectivity index (χ0n) is 15.2. The molecule has 1 aliphatic rings. The van der Waals surface area contributed by atoms with E-state index < -0.39 is 9.84 Å². The van der Waals surface area contributed by atoms with E-state index in [-0.39, 0.29) is 28.0 Å². The summed E-state index contributed by atoms with van der Waals surface area (Å²) in [6.45, 7) is 2.42. The second-order valence-electron chi connectivity index (χ2n) is 6.43. The molecule has 1 aliphatic heterocycles. The molecule has 2 aromatic carbocycles. The van der Waals surface area contributed by atoms with Gasteiger partial charge >= 0.3 is 0 Å². The van der Waals surface area contributed by atoms with Gasteiger partial charge in [0.2, 0.25) is 15.7 Å². The first-order chi connectivity index (χ1) is 13.5. The van der Waals surface area contributed by atoms with Crippen molar-refractivity contribution in [1.82, 2.24) is 0 Å². The van der Waals surface area contributed by atoms with Crippen LogP contribution >= 0.6 is 11.3 Å². The van der Waals surface area contributed by atoms with Crippen LogP contribution in [0.25, 0.3) is 0 Å². The van der Waals surface area contributed by atoms with Crippen molar-refractivity contribution < 1.29 is 17.9 Å². The fourth-order valence-corrected chi connectivity index (χ4v) is 6.36. The first-order valence-corrected chi connectivity index (χ1v) is 11.3. The second kappa shape index (κ2) is 7.41. The molecule has 1 aromatic heterocycles. The van der Waals surface area contributed by atoms with Crippen molar-refractivity contribution in [3.8, 4) is 5.75 Å². The number of para-hydroxylation sites is 1. The van der Waals surface area contributed by atoms with E-state index in [1.807, 2.05) is 31.2 Å². The Balaban J connectivity index is 1.84. The monoisotopic (exact) mass is 413 g/mol. The van der Waals surface area contributed by atoms with Crippen molar-refractivity contribution >= 4 is 32.8 Å². The number of fused-ring (bicyclic) bond motifs is 1. The van der Waals surface area contributed by atoms with Gasteiger partial charge in [0, 0.05) is 28.2 Å². The van der Waals surface area contributed by atoms with Gasteiger partial charge in [0.1, 0.15) is 10.6 Å². The normalized spacial score (nSPS) is 16.3. The number of nitrogens with one attached hydrogen (secondary N) is 1. The Morgan fingerprint density at radius 2 is 1.82 bits per heavy atom. The van der Waals surface area contributed by atoms with E-state index in [9.17, 15) is 13.2 Å². The van der Waals surface area contributed by atoms with E-state index in [0.717, 1.165) is 16.2 Å². The lowest BCUT2D eigenvalue weighted by atomic mass is 9.90. The highest BCUT2D eigenvalue weighted by molar-refractivity contribution is 7.91. The number of rotatable bonds is 5. The molecule has 1 atom stereocenters. The van der Waals surface area contributed by atoms with E-state index in [0.29, 0.717) is 12.3 Å². The van der Waals surface area contributed by atoms with Crippen LogP contribution in [0.5, 0.6) is 5.75 Å². The smallest absolute Gasteiger partial charge is 0.225 e. The van der Waals surface area contributed by atoms with Crippen molar-refractivity contribution in [2.24, 2.45) is 0 Å². The fraction of sp³-hybridized carbons (Fsp3) is 0.190. The van der Waals surface area contributed by atoms with Crippen molar-refractivity contribution in [2.45, 2.75) is 29.1 Å². The van der Waals surface area contributed by atoms with E-state index in [1.54, 1.807) is 35.7 Å². The summed E-state index contributed by atoms with van der Waals surface area (Å²) in [5, 5.41) is 4.41. The minimum atomic E-state index is -3.72. The molecule has 0 saturated heterocycles. The third-order valence-electron chi connectivity index (χ3n) is 4.69. The Hall–Kier alpha value is -2.64. The molecule has 144 valence electrons. The van der Waals surface area contributed by atoms with Gasteiger partial charge in [0.15, 0.2) is 0 Å². The average Bonchev–Trinajstić information content (AvgIpc) is 3.13. The van der Waals surface area contributed by atoms with Crippen LogP contribution in [0.1, 0.15) is 29.7 Å². The first kappa shape index (κ1) is 18.7. The number of ether oxygens (including phenoxy) is 1. The maximum atomic E-state index is 13.1. The summed E-state index contributed by atoms with van der Waals surface area (Å²) in [5.74, 6) is 0.277. The van der Waals surface area contributed by atoms with Gasteiger partial charge in [-0.3, -0.25) is 4.79 Å². The van der Waals surface area contributed by atoms with Crippen molar-refractivity contribution in [2.75, 3.05) is 11.9 Å². The molecule has 0 bridgehead atoms. The standard InChI is InChI=1S/C21H19NO4S2/c1-2-26-17-11-7-6-10-15(17)16-12-19(23)22-20-18(13-27-21(16)20)28(24,25)14-8-4-3-5-9-14/h3-11,13,16H,2,12H2,1H3,(H,22,23). The minimum absolute atomic E-state index is 0.144. The number of sulfone groups is 1. The van der Waals surface area contributed by atoms with Crippen molar-refractivity contribution in [3.63, 3.8) is 0 Å². The topological polar surface area (TPSA) is 72.5 Å². The van der Waals surface area contributed by atoms with Crippen molar-refractivity contribution in [1.29, 1.82) is 0 Å². The van der Waals surface area contributed by atoms with Gasteiger partial charge in [-0.25, -0.2) is 8.42 Å². The Bertz CT molecular complexity index is 1120. The minimum Gasteiger partial charge on any atom is -0.494 e. The van der Waals surface area contributed by atoms with Gasteiger partial charge in [-0.05, 0) is 25.1 Å². The molecule has 5 nitrogen and oxygen atoms in total. The van der Waals surface area contributed by atoms with Gasteiger partial charge in [-0.2, -0.15) is 0 Å². The molecule has 0 saturated carbocycles. The number of hydrogen-bond donors (Lipinski definition) is 1. The number of benzene rings is 2. The quantitative estimate of drug-likeness (QED) is 0.671. The van der Waals surface area contributed by atoms with Crippen LogP contribution in [0.3, 0.4) is 0 Å². The maximum absolute atomic E-state index is 13.1. The molecule has 3 aromatic rings. The summed E-state index contributed by atoms with van der Waals surface area (Å²) in [5.41, 5.74) is 1.28. The molecule has 1 N–H and O–H groups in total. The van der Waals surface area contributed by atoms with Gasteiger partial charge < -0.3 is 10.1 Å². The van der Waals surface area contributed by atoms with Crippen LogP contribution in [0.2, 0.25) is 0 Å². The lowest BCUT2D eigenvalue weighted by Crippen LogP contribution is -2.23. The molecule has 0 spiro atoms. The molecule has 0 aliphatic carbocycles. The van der Waals surface area contributed by atoms with Gasteiger partial charge in [-0.1, -0.05) is 36.4 Å². The molecule has 1 unspecified atom stereocenters. The Kier molecular flexibility index (Phi) is 4.95. The summed E-state index contributed by atoms with van der Waals surface area (Å²) in [6.07, 6.45) is 0.252. The summed E-state index contributed by atoms with van der Waals surface area (Å²) in [6, 6.07) is 15.9. The molecule has 1 amide bonds. The maximum Gasteiger partial charge on any atom is 0.225 e. The highest BCUT2D eigenvalue weighted by Gasteiger charge is 2.35. The zero-order valence-corrected chi connectivity index (χ0v) is 16.8. The van der Waals surface area contributed by atoms with Crippen LogP contribution < -0.4 is 10.1 Å². The Labute approximate surface area is 167 Å². The predicted octanol–water partition coefficient (Wildman–Crippen LogP) is 4.45. The number of anilines is 1. The fourth-order valence-electron chi connectivity index (χ4n) is 3.44. The number of carbonyl (C=O) groups excluding carboxylic acids is 1. The molecule has 0 fully saturated rings. The zero-order chi connectivity index (χ0) is 19.7. The third-order valence-corrected chi connectivity index (χ3v) is 7.73. The Morgan fingerprint density at radius 1 is 1.11 bits per heavy atom. The number of hydrogen-bond acceptors (Lipinski definition) is 5. The molecule has 28 heavy (non-hydrogen) atoms. The Morgan fingerprint density at radius 3 is 2.57 bits per heavy atom. The third kappa shape index (κ3) is 3.21. The molecule has 4 rings (SSSR count). The van der Waals surface area contributed by atoms with Crippen LogP contribution in [-0.4, -0.2) is 20.9 Å². The predicted molar refractivity (Wildman–Crippen MR) is 109 cm³/mol. The second-order valence-corrected chi connectivity index (χ2v) is 9.26. The number of carbonyl (C=O) groups is 1. The van der Waals surface area contributed by atoms with Gasteiger partial charge in [0.25, 0.3) is 0 Å². The highest BCUT2D eigenvalue weighted by atomic mass is 32.2. The van der Waals surface area contributed by atoms with Crippen LogP contribution in [0.4, 0.5) is 5.69 Å². The van der Waals surface area contributed by atoms with E-state index in [1.165, 1.54) is 11.3 Å². The van der Waals surface area contributed by atoms with Crippen LogP contribution in [0, 0.1) is 0 Å². The number of thiophene rings is 1. The van der Waals surface area contributed by atoms with E-state index >= 15 is 0 Å². The number of amides is 1. The lowest BCUT2D eigenvalue weighted by Gasteiger charge is -2.25. The van der Waals surface area contributed by atoms with E-state index in [4.69, 9.17) is 4.74 Å². The summed E-state index contributed by atoms with van der Waals surface area (Å²) in [4.78, 5) is 13.6.